The number of tetrazole rings is 1. The first-order chi connectivity index (χ1) is 12.2. The molecule has 8 nitrogen and oxygen atoms in total. The van der Waals surface area contributed by atoms with Crippen molar-refractivity contribution < 1.29 is 4.79 Å². The van der Waals surface area contributed by atoms with Crippen molar-refractivity contribution in [3.05, 3.63) is 72.7 Å². The van der Waals surface area contributed by atoms with Gasteiger partial charge in [0.2, 0.25) is 11.9 Å². The minimum Gasteiger partial charge on any atom is -0.326 e. The molecule has 0 saturated carbocycles. The Bertz CT molecular complexity index is 907. The van der Waals surface area contributed by atoms with Crippen LogP contribution in [-0.2, 0) is 4.79 Å². The molecule has 2 N–H and O–H groups in total. The highest BCUT2D eigenvalue weighted by molar-refractivity contribution is 5.95. The molecule has 25 heavy (non-hydrogen) atoms. The van der Waals surface area contributed by atoms with Crippen LogP contribution in [0.2, 0.25) is 0 Å². The van der Waals surface area contributed by atoms with E-state index >= 15 is 0 Å². The fourth-order valence-electron chi connectivity index (χ4n) is 2.91. The molecule has 0 spiro atoms. The zero-order chi connectivity index (χ0) is 17.2. The Morgan fingerprint density at radius 1 is 1.16 bits per heavy atom. The molecule has 124 valence electrons. The average Bonchev–Trinajstić information content (AvgIpc) is 3.10. The first kappa shape index (κ1) is 15.0. The van der Waals surface area contributed by atoms with Gasteiger partial charge in [-0.15, -0.1) is 0 Å². The van der Waals surface area contributed by atoms with E-state index in [9.17, 15) is 4.79 Å². The molecular weight excluding hydrogens is 318 g/mol. The summed E-state index contributed by atoms with van der Waals surface area (Å²) in [6.45, 7) is 4.00. The number of nitrogens with zero attached hydrogens (tertiary/aromatic N) is 5. The van der Waals surface area contributed by atoms with Crippen LogP contribution < -0.4 is 10.6 Å². The van der Waals surface area contributed by atoms with Crippen molar-refractivity contribution in [1.29, 1.82) is 0 Å². The van der Waals surface area contributed by atoms with Gasteiger partial charge in [-0.2, -0.15) is 0 Å². The lowest BCUT2D eigenvalue weighted by Gasteiger charge is -2.32. The van der Waals surface area contributed by atoms with E-state index in [0.29, 0.717) is 23.0 Å². The maximum atomic E-state index is 13.0. The van der Waals surface area contributed by atoms with E-state index < -0.39 is 12.0 Å². The molecule has 3 aromatic rings. The van der Waals surface area contributed by atoms with Crippen molar-refractivity contribution in [2.45, 2.75) is 6.04 Å². The summed E-state index contributed by atoms with van der Waals surface area (Å²) in [5.74, 6) is -0.393. The van der Waals surface area contributed by atoms with Crippen LogP contribution in [0.1, 0.15) is 11.7 Å². The first-order valence-corrected chi connectivity index (χ1v) is 7.74. The number of nitrogens with one attached hydrogen (secondary N) is 2. The van der Waals surface area contributed by atoms with Gasteiger partial charge < -0.3 is 10.6 Å². The Hall–Kier alpha value is -3.55. The molecule has 1 aromatic carbocycles. The number of aromatic nitrogens is 5. The maximum Gasteiger partial charge on any atom is 0.247 e. The van der Waals surface area contributed by atoms with E-state index in [2.05, 4.69) is 37.7 Å². The van der Waals surface area contributed by atoms with Gasteiger partial charge in [0.1, 0.15) is 12.0 Å². The quantitative estimate of drug-likeness (QED) is 0.759. The van der Waals surface area contributed by atoms with Gasteiger partial charge in [-0.05, 0) is 34.7 Å². The van der Waals surface area contributed by atoms with Gasteiger partial charge in [0.15, 0.2) is 0 Å². The number of carbonyl (C=O) groups is 1. The van der Waals surface area contributed by atoms with Crippen molar-refractivity contribution in [2.24, 2.45) is 5.92 Å². The molecule has 0 saturated heterocycles. The normalized spacial score (nSPS) is 19.0. The molecule has 0 fully saturated rings. The lowest BCUT2D eigenvalue weighted by molar-refractivity contribution is -0.119. The monoisotopic (exact) mass is 333 g/mol. The third kappa shape index (κ3) is 2.74. The summed E-state index contributed by atoms with van der Waals surface area (Å²) in [5.41, 5.74) is 1.92. The Balaban J connectivity index is 1.74. The molecule has 2 unspecified atom stereocenters. The van der Waals surface area contributed by atoms with E-state index in [0.717, 1.165) is 0 Å². The van der Waals surface area contributed by atoms with E-state index in [1.165, 1.54) is 0 Å². The molecule has 4 rings (SSSR count). The summed E-state index contributed by atoms with van der Waals surface area (Å²) in [6.07, 6.45) is 1.68. The Labute approximate surface area is 143 Å². The van der Waals surface area contributed by atoms with Gasteiger partial charge in [-0.3, -0.25) is 9.78 Å². The Kier molecular flexibility index (Phi) is 3.70. The molecule has 3 heterocycles. The standard InChI is InChI=1S/C17H15N7O/c1-11-14(16(25)20-12-7-3-2-4-8-12)15(13-9-5-6-10-18-13)24-17(19-11)21-22-23-24/h2-10,14-15H,1H2,(H,20,25)(H,19,21,23). The number of anilines is 2. The predicted octanol–water partition coefficient (Wildman–Crippen LogP) is 1.85. The first-order valence-electron chi connectivity index (χ1n) is 7.74. The van der Waals surface area contributed by atoms with Crippen LogP contribution in [0.5, 0.6) is 0 Å². The molecule has 8 heteroatoms. The number of hydrogen-bond acceptors (Lipinski definition) is 6. The number of para-hydroxylation sites is 1. The largest absolute Gasteiger partial charge is 0.326 e. The second-order valence-electron chi connectivity index (χ2n) is 5.63. The van der Waals surface area contributed by atoms with Gasteiger partial charge in [0.25, 0.3) is 0 Å². The van der Waals surface area contributed by atoms with Crippen molar-refractivity contribution >= 4 is 17.5 Å². The number of amides is 1. The lowest BCUT2D eigenvalue weighted by Crippen LogP contribution is -2.39. The average molecular weight is 333 g/mol. The fourth-order valence-corrected chi connectivity index (χ4v) is 2.91. The van der Waals surface area contributed by atoms with Crippen LogP contribution in [0.3, 0.4) is 0 Å². The number of pyridine rings is 1. The molecule has 0 radical (unpaired) electrons. The van der Waals surface area contributed by atoms with Gasteiger partial charge >= 0.3 is 0 Å². The van der Waals surface area contributed by atoms with Crippen LogP contribution in [0.4, 0.5) is 11.6 Å². The number of benzene rings is 1. The molecule has 1 aliphatic rings. The third-order valence-corrected chi connectivity index (χ3v) is 4.03. The Morgan fingerprint density at radius 2 is 1.96 bits per heavy atom. The SMILES string of the molecule is C=C1Nc2nnnn2C(c2ccccn2)C1C(=O)Nc1ccccc1. The Morgan fingerprint density at radius 3 is 2.72 bits per heavy atom. The smallest absolute Gasteiger partial charge is 0.247 e. The van der Waals surface area contributed by atoms with E-state index in [4.69, 9.17) is 0 Å². The summed E-state index contributed by atoms with van der Waals surface area (Å²) in [5, 5.41) is 17.6. The molecular formula is C17H15N7O. The zero-order valence-corrected chi connectivity index (χ0v) is 13.2. The zero-order valence-electron chi connectivity index (χ0n) is 13.2. The highest BCUT2D eigenvalue weighted by atomic mass is 16.2. The third-order valence-electron chi connectivity index (χ3n) is 4.03. The number of hydrogen-bond donors (Lipinski definition) is 2. The lowest BCUT2D eigenvalue weighted by atomic mass is 9.91. The summed E-state index contributed by atoms with van der Waals surface area (Å²) in [7, 11) is 0. The van der Waals surface area contributed by atoms with Crippen LogP contribution in [0.25, 0.3) is 0 Å². The van der Waals surface area contributed by atoms with Crippen molar-refractivity contribution in [3.63, 3.8) is 0 Å². The van der Waals surface area contributed by atoms with Crippen LogP contribution in [-0.4, -0.2) is 31.1 Å². The second-order valence-corrected chi connectivity index (χ2v) is 5.63. The summed E-state index contributed by atoms with van der Waals surface area (Å²) < 4.78 is 1.56. The van der Waals surface area contributed by atoms with Crippen molar-refractivity contribution in [3.8, 4) is 0 Å². The minimum absolute atomic E-state index is 0.208. The van der Waals surface area contributed by atoms with E-state index in [1.54, 1.807) is 10.9 Å². The van der Waals surface area contributed by atoms with Gasteiger partial charge in [-0.25, -0.2) is 4.68 Å². The van der Waals surface area contributed by atoms with Gasteiger partial charge in [0, 0.05) is 17.6 Å². The predicted molar refractivity (Wildman–Crippen MR) is 91.5 cm³/mol. The molecule has 2 atom stereocenters. The van der Waals surface area contributed by atoms with Gasteiger partial charge in [-0.1, -0.05) is 35.9 Å². The molecule has 2 aromatic heterocycles. The molecule has 0 bridgehead atoms. The number of fused-ring (bicyclic) bond motifs is 1. The molecule has 1 amide bonds. The van der Waals surface area contributed by atoms with Gasteiger partial charge in [0.05, 0.1) is 5.69 Å². The van der Waals surface area contributed by atoms with E-state index in [1.807, 2.05) is 48.5 Å². The van der Waals surface area contributed by atoms with E-state index in [-0.39, 0.29) is 5.91 Å². The van der Waals surface area contributed by atoms with Crippen molar-refractivity contribution in [1.82, 2.24) is 25.2 Å². The second kappa shape index (κ2) is 6.16. The van der Waals surface area contributed by atoms with Crippen LogP contribution >= 0.6 is 0 Å². The van der Waals surface area contributed by atoms with Crippen LogP contribution in [0.15, 0.2) is 67.0 Å². The summed E-state index contributed by atoms with van der Waals surface area (Å²) in [6, 6.07) is 14.3. The van der Waals surface area contributed by atoms with Crippen molar-refractivity contribution in [2.75, 3.05) is 10.6 Å². The number of rotatable bonds is 3. The highest BCUT2D eigenvalue weighted by Gasteiger charge is 2.40. The maximum absolute atomic E-state index is 13.0. The fraction of sp³-hybridized carbons (Fsp3) is 0.118. The summed E-state index contributed by atoms with van der Waals surface area (Å²) >= 11 is 0. The van der Waals surface area contributed by atoms with Crippen LogP contribution in [0, 0.1) is 5.92 Å². The summed E-state index contributed by atoms with van der Waals surface area (Å²) in [4.78, 5) is 17.4. The topological polar surface area (TPSA) is 97.6 Å². The number of carbonyl (C=O) groups excluding carboxylic acids is 1. The molecule has 1 aliphatic heterocycles. The molecule has 0 aliphatic carbocycles. The minimum atomic E-state index is -0.619. The highest BCUT2D eigenvalue weighted by Crippen LogP contribution is 2.36.